The topological polar surface area (TPSA) is 110 Å². The van der Waals surface area contributed by atoms with Gasteiger partial charge in [-0.1, -0.05) is 0 Å². The standard InChI is InChI=1S/C10H17N5O2/c1-15(17)4-2-7(3-5-15)14-9(11)8(6-13-14)10(12)16/h6-7H,2-5,11H2,1H3,(H2,12,16). The minimum absolute atomic E-state index is 0.0863. The minimum Gasteiger partial charge on any atom is -0.633 e. The van der Waals surface area contributed by atoms with Crippen molar-refractivity contribution in [2.75, 3.05) is 25.9 Å². The zero-order valence-corrected chi connectivity index (χ0v) is 9.80. The number of quaternary nitrogens is 1. The molecule has 0 saturated carbocycles. The molecule has 0 radical (unpaired) electrons. The molecule has 1 aliphatic heterocycles. The van der Waals surface area contributed by atoms with E-state index in [1.165, 1.54) is 6.20 Å². The van der Waals surface area contributed by atoms with Gasteiger partial charge in [0.1, 0.15) is 11.4 Å². The molecule has 1 fully saturated rings. The normalized spacial score (nSPS) is 29.2. The van der Waals surface area contributed by atoms with Crippen LogP contribution in [0, 0.1) is 5.21 Å². The van der Waals surface area contributed by atoms with E-state index in [-0.39, 0.29) is 16.3 Å². The number of nitrogens with two attached hydrogens (primary N) is 2. The SMILES string of the molecule is C[N+]1([O-])CCC(n2ncc(C(N)=O)c2N)CC1. The zero-order valence-electron chi connectivity index (χ0n) is 9.80. The van der Waals surface area contributed by atoms with Crippen molar-refractivity contribution < 1.29 is 9.44 Å². The molecule has 2 heterocycles. The number of carbonyl (C=O) groups is 1. The molecule has 17 heavy (non-hydrogen) atoms. The van der Waals surface area contributed by atoms with Crippen LogP contribution in [-0.4, -0.2) is 40.5 Å². The molecular weight excluding hydrogens is 222 g/mol. The van der Waals surface area contributed by atoms with Gasteiger partial charge in [0.2, 0.25) is 0 Å². The average molecular weight is 239 g/mol. The minimum atomic E-state index is -0.575. The fraction of sp³-hybridized carbons (Fsp3) is 0.600. The van der Waals surface area contributed by atoms with Gasteiger partial charge >= 0.3 is 0 Å². The second-order valence-corrected chi connectivity index (χ2v) is 4.73. The van der Waals surface area contributed by atoms with Crippen molar-refractivity contribution in [3.8, 4) is 0 Å². The van der Waals surface area contributed by atoms with Gasteiger partial charge in [0.05, 0.1) is 32.4 Å². The highest BCUT2D eigenvalue weighted by Gasteiger charge is 2.27. The first kappa shape index (κ1) is 11.9. The molecule has 1 aliphatic rings. The molecule has 7 heteroatoms. The molecule has 2 rings (SSSR count). The van der Waals surface area contributed by atoms with Crippen LogP contribution in [0.1, 0.15) is 29.2 Å². The molecule has 0 spiro atoms. The Morgan fingerprint density at radius 3 is 2.65 bits per heavy atom. The summed E-state index contributed by atoms with van der Waals surface area (Å²) in [5.74, 6) is -0.279. The Bertz CT molecular complexity index is 430. The highest BCUT2D eigenvalue weighted by atomic mass is 16.5. The summed E-state index contributed by atoms with van der Waals surface area (Å²) in [7, 11) is 1.66. The molecule has 0 aromatic carbocycles. The van der Waals surface area contributed by atoms with Crippen molar-refractivity contribution in [1.29, 1.82) is 0 Å². The summed E-state index contributed by atoms with van der Waals surface area (Å²) in [6.07, 6.45) is 2.81. The van der Waals surface area contributed by atoms with E-state index < -0.39 is 5.91 Å². The molecule has 1 amide bonds. The number of amides is 1. The molecule has 1 saturated heterocycles. The van der Waals surface area contributed by atoms with Gasteiger partial charge in [0.25, 0.3) is 5.91 Å². The van der Waals surface area contributed by atoms with E-state index in [9.17, 15) is 10.0 Å². The van der Waals surface area contributed by atoms with E-state index in [1.54, 1.807) is 11.7 Å². The lowest BCUT2D eigenvalue weighted by Gasteiger charge is -2.44. The number of carbonyl (C=O) groups excluding carboxylic acids is 1. The van der Waals surface area contributed by atoms with Gasteiger partial charge < -0.3 is 21.3 Å². The van der Waals surface area contributed by atoms with Crippen LogP contribution in [0.3, 0.4) is 0 Å². The Balaban J connectivity index is 2.17. The number of aromatic nitrogens is 2. The van der Waals surface area contributed by atoms with Crippen LogP contribution in [-0.2, 0) is 0 Å². The third-order valence-electron chi connectivity index (χ3n) is 3.32. The lowest BCUT2D eigenvalue weighted by atomic mass is 10.1. The van der Waals surface area contributed by atoms with E-state index in [0.717, 1.165) is 0 Å². The number of rotatable bonds is 2. The van der Waals surface area contributed by atoms with Gasteiger partial charge in [0.15, 0.2) is 0 Å². The second kappa shape index (κ2) is 4.01. The maximum absolute atomic E-state index is 11.7. The summed E-state index contributed by atoms with van der Waals surface area (Å²) in [4.78, 5) is 11.1. The first-order valence-corrected chi connectivity index (χ1v) is 5.59. The largest absolute Gasteiger partial charge is 0.633 e. The third-order valence-corrected chi connectivity index (χ3v) is 3.32. The zero-order chi connectivity index (χ0) is 12.6. The number of likely N-dealkylation sites (tertiary alicyclic amines) is 1. The number of piperidine rings is 1. The fourth-order valence-electron chi connectivity index (χ4n) is 2.20. The highest BCUT2D eigenvalue weighted by molar-refractivity contribution is 5.96. The smallest absolute Gasteiger partial charge is 0.254 e. The lowest BCUT2D eigenvalue weighted by molar-refractivity contribution is -0.866. The van der Waals surface area contributed by atoms with Crippen LogP contribution < -0.4 is 11.5 Å². The van der Waals surface area contributed by atoms with E-state index >= 15 is 0 Å². The van der Waals surface area contributed by atoms with Crippen molar-refractivity contribution in [2.45, 2.75) is 18.9 Å². The van der Waals surface area contributed by atoms with Crippen LogP contribution in [0.5, 0.6) is 0 Å². The monoisotopic (exact) mass is 239 g/mol. The first-order chi connectivity index (χ1) is 7.91. The van der Waals surface area contributed by atoms with Crippen LogP contribution in [0.4, 0.5) is 5.82 Å². The molecule has 0 atom stereocenters. The van der Waals surface area contributed by atoms with E-state index in [1.807, 2.05) is 0 Å². The molecule has 1 aromatic heterocycles. The molecule has 94 valence electrons. The summed E-state index contributed by atoms with van der Waals surface area (Å²) in [6.45, 7) is 1.08. The summed E-state index contributed by atoms with van der Waals surface area (Å²) < 4.78 is 1.39. The molecule has 7 nitrogen and oxygen atoms in total. The molecule has 4 N–H and O–H groups in total. The number of hydroxylamine groups is 3. The predicted molar refractivity (Wildman–Crippen MR) is 62.7 cm³/mol. The van der Waals surface area contributed by atoms with E-state index in [4.69, 9.17) is 11.5 Å². The number of nitrogen functional groups attached to an aromatic ring is 1. The van der Waals surface area contributed by atoms with E-state index in [0.29, 0.717) is 31.7 Å². The second-order valence-electron chi connectivity index (χ2n) is 4.73. The van der Waals surface area contributed by atoms with Crippen LogP contribution >= 0.6 is 0 Å². The van der Waals surface area contributed by atoms with E-state index in [2.05, 4.69) is 5.10 Å². The summed E-state index contributed by atoms with van der Waals surface area (Å²) in [5.41, 5.74) is 11.2. The summed E-state index contributed by atoms with van der Waals surface area (Å²) >= 11 is 0. The van der Waals surface area contributed by atoms with Crippen LogP contribution in [0.25, 0.3) is 0 Å². The average Bonchev–Trinajstić information content (AvgIpc) is 2.60. The van der Waals surface area contributed by atoms with Gasteiger partial charge in [0, 0.05) is 12.8 Å². The van der Waals surface area contributed by atoms with Crippen LogP contribution in [0.15, 0.2) is 6.20 Å². The molecule has 0 unspecified atom stereocenters. The Labute approximate surface area is 99.1 Å². The van der Waals surface area contributed by atoms with Crippen LogP contribution in [0.2, 0.25) is 0 Å². The summed E-state index contributed by atoms with van der Waals surface area (Å²) in [5, 5.41) is 15.8. The van der Waals surface area contributed by atoms with Gasteiger partial charge in [-0.3, -0.25) is 4.79 Å². The number of anilines is 1. The quantitative estimate of drug-likeness (QED) is 0.552. The first-order valence-electron chi connectivity index (χ1n) is 5.59. The maximum Gasteiger partial charge on any atom is 0.254 e. The molecule has 1 aromatic rings. The number of nitrogens with zero attached hydrogens (tertiary/aromatic N) is 3. The van der Waals surface area contributed by atoms with Crippen molar-refractivity contribution in [2.24, 2.45) is 5.73 Å². The number of hydrogen-bond donors (Lipinski definition) is 2. The predicted octanol–water partition coefficient (Wildman–Crippen LogP) is -0.156. The molecule has 0 aliphatic carbocycles. The van der Waals surface area contributed by atoms with Gasteiger partial charge in [-0.25, -0.2) is 4.68 Å². The Hall–Kier alpha value is -1.60. The molecular formula is C10H17N5O2. The van der Waals surface area contributed by atoms with Crippen molar-refractivity contribution in [3.63, 3.8) is 0 Å². The maximum atomic E-state index is 11.7. The van der Waals surface area contributed by atoms with Crippen molar-refractivity contribution >= 4 is 11.7 Å². The Morgan fingerprint density at radius 1 is 1.59 bits per heavy atom. The fourth-order valence-corrected chi connectivity index (χ4v) is 2.20. The Kier molecular flexibility index (Phi) is 2.80. The van der Waals surface area contributed by atoms with Crippen molar-refractivity contribution in [3.05, 3.63) is 17.0 Å². The lowest BCUT2D eigenvalue weighted by Crippen LogP contribution is -2.45. The summed E-state index contributed by atoms with van der Waals surface area (Å²) in [6, 6.07) is 0.0863. The molecule has 0 bridgehead atoms. The number of primary amides is 1. The van der Waals surface area contributed by atoms with Crippen molar-refractivity contribution in [1.82, 2.24) is 9.78 Å². The number of hydrogen-bond acceptors (Lipinski definition) is 4. The highest BCUT2D eigenvalue weighted by Crippen LogP contribution is 2.27. The van der Waals surface area contributed by atoms with Gasteiger partial charge in [-0.05, 0) is 0 Å². The van der Waals surface area contributed by atoms with Gasteiger partial charge in [-0.15, -0.1) is 0 Å². The third kappa shape index (κ3) is 2.25. The Morgan fingerprint density at radius 2 is 2.18 bits per heavy atom. The van der Waals surface area contributed by atoms with Gasteiger partial charge in [-0.2, -0.15) is 5.10 Å².